The van der Waals surface area contributed by atoms with Gasteiger partial charge in [0.2, 0.25) is 5.91 Å². The van der Waals surface area contributed by atoms with E-state index in [1.165, 1.54) is 25.7 Å². The van der Waals surface area contributed by atoms with E-state index in [1.807, 2.05) is 0 Å². The molecule has 2 saturated carbocycles. The first-order chi connectivity index (χ1) is 8.29. The molecule has 0 spiro atoms. The lowest BCUT2D eigenvalue weighted by atomic mass is 9.96. The zero-order chi connectivity index (χ0) is 11.8. The van der Waals surface area contributed by atoms with Crippen LogP contribution in [0.4, 0.5) is 0 Å². The zero-order valence-corrected chi connectivity index (χ0v) is 11.7. The second kappa shape index (κ2) is 5.76. The van der Waals surface area contributed by atoms with E-state index in [9.17, 15) is 4.79 Å². The van der Waals surface area contributed by atoms with Gasteiger partial charge < -0.3 is 15.4 Å². The van der Waals surface area contributed by atoms with Crippen molar-refractivity contribution in [3.63, 3.8) is 0 Å². The number of amides is 1. The molecule has 3 aliphatic rings. The van der Waals surface area contributed by atoms with Gasteiger partial charge in [0.05, 0.1) is 12.1 Å². The van der Waals surface area contributed by atoms with Crippen molar-refractivity contribution in [2.24, 2.45) is 17.8 Å². The lowest BCUT2D eigenvalue weighted by Crippen LogP contribution is -2.46. The largest absolute Gasteiger partial charge is 0.378 e. The van der Waals surface area contributed by atoms with E-state index in [1.54, 1.807) is 7.11 Å². The molecule has 1 saturated heterocycles. The van der Waals surface area contributed by atoms with Gasteiger partial charge >= 0.3 is 0 Å². The van der Waals surface area contributed by atoms with E-state index in [0.29, 0.717) is 17.8 Å². The lowest BCUT2D eigenvalue weighted by molar-refractivity contribution is -0.127. The third kappa shape index (κ3) is 2.98. The van der Waals surface area contributed by atoms with Crippen LogP contribution in [0.3, 0.4) is 0 Å². The van der Waals surface area contributed by atoms with Crippen molar-refractivity contribution in [3.8, 4) is 0 Å². The summed E-state index contributed by atoms with van der Waals surface area (Å²) in [5.74, 6) is 1.94. The van der Waals surface area contributed by atoms with Gasteiger partial charge in [-0.15, -0.1) is 12.4 Å². The minimum absolute atomic E-state index is 0. The summed E-state index contributed by atoms with van der Waals surface area (Å²) in [5.41, 5.74) is 0. The van der Waals surface area contributed by atoms with Crippen molar-refractivity contribution in [2.75, 3.05) is 20.2 Å². The molecule has 2 atom stereocenters. The number of carbonyl (C=O) groups is 1. The fourth-order valence-electron chi connectivity index (χ4n) is 3.05. The molecule has 1 heterocycles. The van der Waals surface area contributed by atoms with Crippen LogP contribution in [0.25, 0.3) is 0 Å². The van der Waals surface area contributed by atoms with Crippen LogP contribution >= 0.6 is 12.4 Å². The summed E-state index contributed by atoms with van der Waals surface area (Å²) < 4.78 is 5.38. The molecule has 0 aromatic heterocycles. The SMILES string of the molecule is COC1CNCC1NC(=O)C(C1CC1)C1CC1.Cl. The molecule has 0 bridgehead atoms. The van der Waals surface area contributed by atoms with Crippen molar-refractivity contribution >= 4 is 18.3 Å². The summed E-state index contributed by atoms with van der Waals surface area (Å²) in [4.78, 5) is 12.3. The van der Waals surface area contributed by atoms with E-state index in [2.05, 4.69) is 10.6 Å². The Morgan fingerprint density at radius 1 is 1.22 bits per heavy atom. The van der Waals surface area contributed by atoms with Crippen LogP contribution in [0.5, 0.6) is 0 Å². The average molecular weight is 275 g/mol. The molecule has 104 valence electrons. The Kier molecular flexibility index (Phi) is 4.51. The highest BCUT2D eigenvalue weighted by molar-refractivity contribution is 5.85. The molecule has 5 heteroatoms. The summed E-state index contributed by atoms with van der Waals surface area (Å²) in [7, 11) is 1.72. The maximum Gasteiger partial charge on any atom is 0.224 e. The highest BCUT2D eigenvalue weighted by Gasteiger charge is 2.46. The first-order valence-electron chi connectivity index (χ1n) is 6.83. The van der Waals surface area contributed by atoms with Crippen molar-refractivity contribution in [1.82, 2.24) is 10.6 Å². The van der Waals surface area contributed by atoms with Crippen LogP contribution < -0.4 is 10.6 Å². The Labute approximate surface area is 115 Å². The summed E-state index contributed by atoms with van der Waals surface area (Å²) in [6.07, 6.45) is 5.16. The third-order valence-electron chi connectivity index (χ3n) is 4.35. The summed E-state index contributed by atoms with van der Waals surface area (Å²) in [5, 5.41) is 6.46. The molecule has 2 unspecified atom stereocenters. The Morgan fingerprint density at radius 2 is 1.83 bits per heavy atom. The summed E-state index contributed by atoms with van der Waals surface area (Å²) in [6.45, 7) is 1.69. The average Bonchev–Trinajstić information content (AvgIpc) is 3.22. The third-order valence-corrected chi connectivity index (χ3v) is 4.35. The standard InChI is InChI=1S/C13H22N2O2.ClH/c1-17-11-7-14-6-10(11)15-13(16)12(8-2-3-8)9-4-5-9;/h8-12,14H,2-7H2,1H3,(H,15,16);1H. The number of ether oxygens (including phenoxy) is 1. The minimum atomic E-state index is 0. The van der Waals surface area contributed by atoms with E-state index in [-0.39, 0.29) is 30.5 Å². The van der Waals surface area contributed by atoms with E-state index in [4.69, 9.17) is 4.74 Å². The molecule has 1 amide bonds. The Balaban J connectivity index is 0.00000120. The second-order valence-electron chi connectivity index (χ2n) is 5.75. The number of halogens is 1. The molecule has 3 fully saturated rings. The van der Waals surface area contributed by atoms with Crippen molar-refractivity contribution < 1.29 is 9.53 Å². The monoisotopic (exact) mass is 274 g/mol. The summed E-state index contributed by atoms with van der Waals surface area (Å²) >= 11 is 0. The number of nitrogens with one attached hydrogen (secondary N) is 2. The topological polar surface area (TPSA) is 50.4 Å². The van der Waals surface area contributed by atoms with E-state index < -0.39 is 0 Å². The number of hydrogen-bond donors (Lipinski definition) is 2. The maximum atomic E-state index is 12.3. The number of carbonyl (C=O) groups excluding carboxylic acids is 1. The first-order valence-corrected chi connectivity index (χ1v) is 6.83. The van der Waals surface area contributed by atoms with Crippen LogP contribution in [-0.4, -0.2) is 38.3 Å². The van der Waals surface area contributed by atoms with Crippen LogP contribution in [0.2, 0.25) is 0 Å². The second-order valence-corrected chi connectivity index (χ2v) is 5.75. The fourth-order valence-corrected chi connectivity index (χ4v) is 3.05. The van der Waals surface area contributed by atoms with Crippen molar-refractivity contribution in [3.05, 3.63) is 0 Å². The van der Waals surface area contributed by atoms with Crippen molar-refractivity contribution in [1.29, 1.82) is 0 Å². The minimum Gasteiger partial charge on any atom is -0.378 e. The zero-order valence-electron chi connectivity index (χ0n) is 10.9. The van der Waals surface area contributed by atoms with Gasteiger partial charge in [-0.25, -0.2) is 0 Å². The molecule has 2 N–H and O–H groups in total. The molecule has 0 aromatic rings. The Hall–Kier alpha value is -0.320. The number of rotatable bonds is 5. The quantitative estimate of drug-likeness (QED) is 0.785. The molecular formula is C13H23ClN2O2. The smallest absolute Gasteiger partial charge is 0.224 e. The van der Waals surface area contributed by atoms with E-state index in [0.717, 1.165) is 13.1 Å². The van der Waals surface area contributed by atoms with Crippen LogP contribution in [0, 0.1) is 17.8 Å². The van der Waals surface area contributed by atoms with Crippen LogP contribution in [0.1, 0.15) is 25.7 Å². The molecule has 3 rings (SSSR count). The molecule has 4 nitrogen and oxygen atoms in total. The van der Waals surface area contributed by atoms with Gasteiger partial charge in [-0.2, -0.15) is 0 Å². The van der Waals surface area contributed by atoms with Crippen LogP contribution in [-0.2, 0) is 9.53 Å². The van der Waals surface area contributed by atoms with Crippen LogP contribution in [0.15, 0.2) is 0 Å². The van der Waals surface area contributed by atoms with Gasteiger partial charge in [-0.05, 0) is 37.5 Å². The maximum absolute atomic E-state index is 12.3. The van der Waals surface area contributed by atoms with Gasteiger partial charge in [0.25, 0.3) is 0 Å². The van der Waals surface area contributed by atoms with Gasteiger partial charge in [0, 0.05) is 26.1 Å². The normalized spacial score (nSPS) is 31.2. The molecule has 1 aliphatic heterocycles. The van der Waals surface area contributed by atoms with Gasteiger partial charge in [-0.1, -0.05) is 0 Å². The predicted molar refractivity (Wildman–Crippen MR) is 71.8 cm³/mol. The number of methoxy groups -OCH3 is 1. The highest BCUT2D eigenvalue weighted by Crippen LogP contribution is 2.49. The van der Waals surface area contributed by atoms with Crippen molar-refractivity contribution in [2.45, 2.75) is 37.8 Å². The Morgan fingerprint density at radius 3 is 2.33 bits per heavy atom. The lowest BCUT2D eigenvalue weighted by Gasteiger charge is -2.22. The molecule has 0 radical (unpaired) electrons. The fraction of sp³-hybridized carbons (Fsp3) is 0.923. The van der Waals surface area contributed by atoms with Gasteiger partial charge in [0.15, 0.2) is 0 Å². The Bertz CT molecular complexity index is 293. The van der Waals surface area contributed by atoms with E-state index >= 15 is 0 Å². The molecular weight excluding hydrogens is 252 g/mol. The molecule has 0 aromatic carbocycles. The number of hydrogen-bond acceptors (Lipinski definition) is 3. The van der Waals surface area contributed by atoms with Gasteiger partial charge in [-0.3, -0.25) is 4.79 Å². The molecule has 18 heavy (non-hydrogen) atoms. The summed E-state index contributed by atoms with van der Waals surface area (Å²) in [6, 6.07) is 0.160. The predicted octanol–water partition coefficient (Wildman–Crippen LogP) is 0.947. The highest BCUT2D eigenvalue weighted by atomic mass is 35.5. The van der Waals surface area contributed by atoms with Gasteiger partial charge in [0.1, 0.15) is 0 Å². The molecule has 2 aliphatic carbocycles. The first kappa shape index (κ1) is 14.1.